The van der Waals surface area contributed by atoms with E-state index in [-0.39, 0.29) is 17.0 Å². The van der Waals surface area contributed by atoms with Gasteiger partial charge >= 0.3 is 0 Å². The molecule has 0 bridgehead atoms. The third kappa shape index (κ3) is 4.37. The van der Waals surface area contributed by atoms with Gasteiger partial charge in [0.15, 0.2) is 0 Å². The third-order valence-electron chi connectivity index (χ3n) is 2.07. The Balaban J connectivity index is 2.82. The topological polar surface area (TPSA) is 85.1 Å². The molecule has 0 aromatic carbocycles. The van der Waals surface area contributed by atoms with Crippen LogP contribution in [0.1, 0.15) is 20.3 Å². The molecule has 0 aliphatic carbocycles. The summed E-state index contributed by atoms with van der Waals surface area (Å²) in [6.45, 7) is 3.49. The summed E-state index contributed by atoms with van der Waals surface area (Å²) < 4.78 is 38.9. The highest BCUT2D eigenvalue weighted by atomic mass is 32.2. The molecule has 0 aliphatic heterocycles. The van der Waals surface area contributed by atoms with E-state index in [9.17, 15) is 12.8 Å². The standard InChI is InChI=1S/C10H16FN3O2S/c1-7(12)3-8(2)14-17(15,16)10-4-9(11)5-13-6-10/h4-8,14H,3,12H2,1-2H3. The zero-order valence-corrected chi connectivity index (χ0v) is 10.5. The third-order valence-corrected chi connectivity index (χ3v) is 3.63. The first-order chi connectivity index (χ1) is 7.81. The van der Waals surface area contributed by atoms with E-state index < -0.39 is 15.8 Å². The number of sulfonamides is 1. The minimum Gasteiger partial charge on any atom is -0.328 e. The molecule has 96 valence electrons. The molecular formula is C10H16FN3O2S. The number of nitrogens with one attached hydrogen (secondary N) is 1. The van der Waals surface area contributed by atoms with Crippen LogP contribution < -0.4 is 10.5 Å². The molecule has 0 saturated carbocycles. The van der Waals surface area contributed by atoms with Gasteiger partial charge in [-0.3, -0.25) is 4.98 Å². The van der Waals surface area contributed by atoms with E-state index in [1.54, 1.807) is 13.8 Å². The summed E-state index contributed by atoms with van der Waals surface area (Å²) in [5.74, 6) is -0.687. The van der Waals surface area contributed by atoms with Gasteiger partial charge in [-0.15, -0.1) is 0 Å². The van der Waals surface area contributed by atoms with Crippen LogP contribution in [-0.4, -0.2) is 25.5 Å². The predicted octanol–water partition coefficient (Wildman–Crippen LogP) is 0.625. The lowest BCUT2D eigenvalue weighted by Crippen LogP contribution is -2.36. The van der Waals surface area contributed by atoms with Crippen molar-refractivity contribution in [2.24, 2.45) is 5.73 Å². The molecule has 0 spiro atoms. The molecule has 0 saturated heterocycles. The highest BCUT2D eigenvalue weighted by Gasteiger charge is 2.18. The first-order valence-electron chi connectivity index (χ1n) is 5.19. The molecule has 0 radical (unpaired) electrons. The minimum absolute atomic E-state index is 0.113. The van der Waals surface area contributed by atoms with Gasteiger partial charge < -0.3 is 5.73 Å². The number of pyridine rings is 1. The largest absolute Gasteiger partial charge is 0.328 e. The van der Waals surface area contributed by atoms with Crippen molar-refractivity contribution in [3.8, 4) is 0 Å². The Hall–Kier alpha value is -1.05. The first-order valence-corrected chi connectivity index (χ1v) is 6.68. The summed E-state index contributed by atoms with van der Waals surface area (Å²) >= 11 is 0. The summed E-state index contributed by atoms with van der Waals surface area (Å²) in [6, 6.07) is 0.495. The van der Waals surface area contributed by atoms with Gasteiger partial charge in [-0.05, 0) is 26.3 Å². The van der Waals surface area contributed by atoms with Crippen LogP contribution in [-0.2, 0) is 10.0 Å². The Kier molecular flexibility index (Phi) is 4.55. The van der Waals surface area contributed by atoms with Gasteiger partial charge in [0.2, 0.25) is 10.0 Å². The Morgan fingerprint density at radius 1 is 1.47 bits per heavy atom. The van der Waals surface area contributed by atoms with Gasteiger partial charge in [0.05, 0.1) is 6.20 Å². The van der Waals surface area contributed by atoms with Crippen molar-refractivity contribution in [3.63, 3.8) is 0 Å². The van der Waals surface area contributed by atoms with Gasteiger partial charge in [0.1, 0.15) is 10.7 Å². The second-order valence-corrected chi connectivity index (χ2v) is 5.79. The molecule has 17 heavy (non-hydrogen) atoms. The second kappa shape index (κ2) is 5.52. The van der Waals surface area contributed by atoms with E-state index in [4.69, 9.17) is 5.73 Å². The molecule has 0 aliphatic rings. The van der Waals surface area contributed by atoms with Crippen molar-refractivity contribution in [2.45, 2.75) is 37.2 Å². The molecule has 0 amide bonds. The fraction of sp³-hybridized carbons (Fsp3) is 0.500. The number of hydrogen-bond acceptors (Lipinski definition) is 4. The maximum atomic E-state index is 12.9. The molecular weight excluding hydrogens is 245 g/mol. The lowest BCUT2D eigenvalue weighted by Gasteiger charge is -2.15. The van der Waals surface area contributed by atoms with Crippen molar-refractivity contribution in [3.05, 3.63) is 24.3 Å². The van der Waals surface area contributed by atoms with Gasteiger partial charge in [-0.2, -0.15) is 0 Å². The Labute approximate surface area is 100 Å². The van der Waals surface area contributed by atoms with Gasteiger partial charge in [0.25, 0.3) is 0 Å². The van der Waals surface area contributed by atoms with Crippen LogP contribution in [0.2, 0.25) is 0 Å². The molecule has 5 nitrogen and oxygen atoms in total. The van der Waals surface area contributed by atoms with Crippen LogP contribution in [0, 0.1) is 5.82 Å². The van der Waals surface area contributed by atoms with Crippen LogP contribution in [0.5, 0.6) is 0 Å². The van der Waals surface area contributed by atoms with E-state index in [0.717, 1.165) is 18.5 Å². The summed E-state index contributed by atoms with van der Waals surface area (Å²) in [5.41, 5.74) is 5.57. The SMILES string of the molecule is CC(N)CC(C)NS(=O)(=O)c1cncc(F)c1. The van der Waals surface area contributed by atoms with Gasteiger partial charge in [-0.25, -0.2) is 17.5 Å². The number of halogens is 1. The molecule has 3 N–H and O–H groups in total. The lowest BCUT2D eigenvalue weighted by molar-refractivity contribution is 0.518. The van der Waals surface area contributed by atoms with E-state index in [2.05, 4.69) is 9.71 Å². The maximum absolute atomic E-state index is 12.9. The molecule has 1 rings (SSSR count). The van der Waals surface area contributed by atoms with Crippen LogP contribution in [0.3, 0.4) is 0 Å². The van der Waals surface area contributed by atoms with Crippen LogP contribution in [0.25, 0.3) is 0 Å². The lowest BCUT2D eigenvalue weighted by atomic mass is 10.1. The monoisotopic (exact) mass is 261 g/mol. The van der Waals surface area contributed by atoms with E-state index in [0.29, 0.717) is 6.42 Å². The number of nitrogens with two attached hydrogens (primary N) is 1. The number of rotatable bonds is 5. The number of hydrogen-bond donors (Lipinski definition) is 2. The summed E-state index contributed by atoms with van der Waals surface area (Å²) in [7, 11) is -3.74. The fourth-order valence-electron chi connectivity index (χ4n) is 1.48. The first kappa shape index (κ1) is 14.0. The van der Waals surface area contributed by atoms with Crippen molar-refractivity contribution >= 4 is 10.0 Å². The Morgan fingerprint density at radius 3 is 2.65 bits per heavy atom. The van der Waals surface area contributed by atoms with Crippen LogP contribution >= 0.6 is 0 Å². The summed E-state index contributed by atoms with van der Waals surface area (Å²) in [5, 5.41) is 0. The Bertz CT molecular complexity index is 476. The number of nitrogens with zero attached hydrogens (tertiary/aromatic N) is 1. The van der Waals surface area contributed by atoms with E-state index in [1.807, 2.05) is 0 Å². The van der Waals surface area contributed by atoms with Crippen LogP contribution in [0.15, 0.2) is 23.4 Å². The minimum atomic E-state index is -3.74. The maximum Gasteiger partial charge on any atom is 0.242 e. The molecule has 1 heterocycles. The van der Waals surface area contributed by atoms with Crippen molar-refractivity contribution in [1.29, 1.82) is 0 Å². The molecule has 2 unspecified atom stereocenters. The van der Waals surface area contributed by atoms with Crippen molar-refractivity contribution in [2.75, 3.05) is 0 Å². The van der Waals surface area contributed by atoms with Gasteiger partial charge in [0, 0.05) is 18.3 Å². The average molecular weight is 261 g/mol. The average Bonchev–Trinajstić information content (AvgIpc) is 2.15. The zero-order valence-electron chi connectivity index (χ0n) is 9.72. The van der Waals surface area contributed by atoms with E-state index >= 15 is 0 Å². The normalized spacial score (nSPS) is 15.5. The summed E-state index contributed by atoms with van der Waals surface area (Å²) in [4.78, 5) is 3.31. The van der Waals surface area contributed by atoms with Crippen LogP contribution in [0.4, 0.5) is 4.39 Å². The Morgan fingerprint density at radius 2 is 2.12 bits per heavy atom. The summed E-state index contributed by atoms with van der Waals surface area (Å²) in [6.07, 6.45) is 2.55. The highest BCUT2D eigenvalue weighted by Crippen LogP contribution is 2.10. The quantitative estimate of drug-likeness (QED) is 0.814. The number of aromatic nitrogens is 1. The van der Waals surface area contributed by atoms with Crippen molar-refractivity contribution in [1.82, 2.24) is 9.71 Å². The molecule has 2 atom stereocenters. The molecule has 1 aromatic heterocycles. The highest BCUT2D eigenvalue weighted by molar-refractivity contribution is 7.89. The second-order valence-electron chi connectivity index (χ2n) is 4.07. The molecule has 1 aromatic rings. The van der Waals surface area contributed by atoms with Gasteiger partial charge in [-0.1, -0.05) is 0 Å². The predicted molar refractivity (Wildman–Crippen MR) is 62.2 cm³/mol. The zero-order chi connectivity index (χ0) is 13.1. The van der Waals surface area contributed by atoms with Crippen molar-refractivity contribution < 1.29 is 12.8 Å². The smallest absolute Gasteiger partial charge is 0.242 e. The van der Waals surface area contributed by atoms with E-state index in [1.165, 1.54) is 0 Å². The fourth-order valence-corrected chi connectivity index (χ4v) is 2.71. The molecule has 0 fully saturated rings. The molecule has 7 heteroatoms.